The fourth-order valence-electron chi connectivity index (χ4n) is 2.28. The van der Waals surface area contributed by atoms with Crippen molar-refractivity contribution >= 4 is 31.9 Å². The maximum Gasteiger partial charge on any atom is 0.264 e. The first-order chi connectivity index (χ1) is 11.5. The van der Waals surface area contributed by atoms with Crippen molar-refractivity contribution in [2.45, 2.75) is 11.4 Å². The van der Waals surface area contributed by atoms with Crippen molar-refractivity contribution in [3.8, 4) is 0 Å². The Morgan fingerprint density at radius 3 is 2.46 bits per heavy atom. The lowest BCUT2D eigenvalue weighted by Crippen LogP contribution is -2.49. The van der Waals surface area contributed by atoms with E-state index in [1.807, 2.05) is 18.2 Å². The van der Waals surface area contributed by atoms with Crippen LogP contribution in [0.2, 0.25) is 0 Å². The molecule has 0 bridgehead atoms. The van der Waals surface area contributed by atoms with Gasteiger partial charge in [-0.3, -0.25) is 4.90 Å². The highest BCUT2D eigenvalue weighted by Crippen LogP contribution is 2.14. The Bertz CT molecular complexity index is 823. The molecule has 0 atom stereocenters. The minimum atomic E-state index is -3.64. The molecule has 0 fully saturated rings. The van der Waals surface area contributed by atoms with E-state index < -0.39 is 10.0 Å². The van der Waals surface area contributed by atoms with E-state index >= 15 is 0 Å². The number of guanidine groups is 1. The van der Waals surface area contributed by atoms with E-state index in [0.29, 0.717) is 13.3 Å². The Hall–Kier alpha value is -1.90. The molecular formula is C16H17BrN4O2S. The van der Waals surface area contributed by atoms with Gasteiger partial charge >= 0.3 is 0 Å². The third-order valence-corrected chi connectivity index (χ3v) is 5.39. The molecule has 1 aliphatic rings. The maximum absolute atomic E-state index is 12.3. The van der Waals surface area contributed by atoms with Crippen LogP contribution in [0.1, 0.15) is 5.56 Å². The zero-order valence-electron chi connectivity index (χ0n) is 12.8. The third kappa shape index (κ3) is 4.34. The number of benzene rings is 2. The number of nitrogens with zero attached hydrogens (tertiary/aromatic N) is 2. The minimum Gasteiger partial charge on any atom is -0.343 e. The second kappa shape index (κ2) is 7.33. The van der Waals surface area contributed by atoms with Crippen LogP contribution in [0.5, 0.6) is 0 Å². The van der Waals surface area contributed by atoms with Gasteiger partial charge in [-0.15, -0.1) is 0 Å². The average molecular weight is 409 g/mol. The number of aliphatic imine (C=N–C) groups is 1. The highest BCUT2D eigenvalue weighted by atomic mass is 79.9. The summed E-state index contributed by atoms with van der Waals surface area (Å²) < 4.78 is 28.0. The number of rotatable bonds is 4. The van der Waals surface area contributed by atoms with Gasteiger partial charge in [0.2, 0.25) is 5.96 Å². The van der Waals surface area contributed by atoms with Gasteiger partial charge in [-0.05, 0) is 29.8 Å². The molecule has 2 aromatic rings. The molecular weight excluding hydrogens is 392 g/mol. The van der Waals surface area contributed by atoms with Crippen molar-refractivity contribution < 1.29 is 8.42 Å². The third-order valence-electron chi connectivity index (χ3n) is 3.50. The Labute approximate surface area is 149 Å². The summed E-state index contributed by atoms with van der Waals surface area (Å²) in [6.45, 7) is 1.71. The van der Waals surface area contributed by atoms with Gasteiger partial charge in [0.1, 0.15) is 0 Å². The Morgan fingerprint density at radius 1 is 1.12 bits per heavy atom. The topological polar surface area (TPSA) is 73.8 Å². The quantitative estimate of drug-likeness (QED) is 0.812. The number of sulfonamides is 1. The fourth-order valence-corrected chi connectivity index (χ4v) is 3.55. The van der Waals surface area contributed by atoms with E-state index in [-0.39, 0.29) is 10.9 Å². The van der Waals surface area contributed by atoms with E-state index in [2.05, 4.69) is 48.0 Å². The summed E-state index contributed by atoms with van der Waals surface area (Å²) in [5, 5.41) is 3.00. The summed E-state index contributed by atoms with van der Waals surface area (Å²) >= 11 is 3.29. The summed E-state index contributed by atoms with van der Waals surface area (Å²) in [7, 11) is -3.64. The van der Waals surface area contributed by atoms with Crippen molar-refractivity contribution in [3.05, 3.63) is 64.6 Å². The molecule has 0 saturated heterocycles. The molecule has 2 N–H and O–H groups in total. The standard InChI is InChI=1S/C16H17BrN4O2S/c17-14-6-8-15(9-7-14)24(22,23)20-16-18-11-21(12-19-16)10-13-4-2-1-3-5-13/h1-9H,10-12H2,(H2,18,19,20). The number of hydrogen-bond donors (Lipinski definition) is 2. The van der Waals surface area contributed by atoms with E-state index in [1.165, 1.54) is 17.7 Å². The molecule has 8 heteroatoms. The summed E-state index contributed by atoms with van der Waals surface area (Å²) in [6.07, 6.45) is 0. The molecule has 0 aromatic heterocycles. The van der Waals surface area contributed by atoms with Crippen molar-refractivity contribution in [1.82, 2.24) is 14.9 Å². The fraction of sp³-hybridized carbons (Fsp3) is 0.188. The SMILES string of the molecule is O=S(=O)(NC1=NCN(Cc2ccccc2)CN1)c1ccc(Br)cc1. The molecule has 0 aliphatic carbocycles. The predicted octanol–water partition coefficient (Wildman–Crippen LogP) is 2.10. The first-order valence-electron chi connectivity index (χ1n) is 7.36. The normalized spacial score (nSPS) is 15.5. The van der Waals surface area contributed by atoms with Gasteiger partial charge in [0.15, 0.2) is 0 Å². The molecule has 0 amide bonds. The van der Waals surface area contributed by atoms with Gasteiger partial charge in [0.05, 0.1) is 18.2 Å². The van der Waals surface area contributed by atoms with Gasteiger partial charge in [0, 0.05) is 11.0 Å². The van der Waals surface area contributed by atoms with E-state index in [4.69, 9.17) is 0 Å². The van der Waals surface area contributed by atoms with Gasteiger partial charge < -0.3 is 5.32 Å². The molecule has 0 unspecified atom stereocenters. The molecule has 0 saturated carbocycles. The molecule has 1 heterocycles. The van der Waals surface area contributed by atoms with Crippen molar-refractivity contribution in [2.24, 2.45) is 4.99 Å². The van der Waals surface area contributed by atoms with Crippen LogP contribution in [0.4, 0.5) is 0 Å². The second-order valence-electron chi connectivity index (χ2n) is 5.36. The molecule has 0 radical (unpaired) electrons. The van der Waals surface area contributed by atoms with Crippen LogP contribution in [-0.4, -0.2) is 32.6 Å². The summed E-state index contributed by atoms with van der Waals surface area (Å²) in [5.41, 5.74) is 1.19. The molecule has 24 heavy (non-hydrogen) atoms. The van der Waals surface area contributed by atoms with Crippen molar-refractivity contribution in [2.75, 3.05) is 13.3 Å². The minimum absolute atomic E-state index is 0.196. The van der Waals surface area contributed by atoms with Crippen LogP contribution in [0.3, 0.4) is 0 Å². The van der Waals surface area contributed by atoms with Crippen LogP contribution in [0, 0.1) is 0 Å². The maximum atomic E-state index is 12.3. The number of hydrogen-bond acceptors (Lipinski definition) is 5. The second-order valence-corrected chi connectivity index (χ2v) is 7.96. The smallest absolute Gasteiger partial charge is 0.264 e. The summed E-state index contributed by atoms with van der Waals surface area (Å²) in [6, 6.07) is 16.5. The molecule has 6 nitrogen and oxygen atoms in total. The van der Waals surface area contributed by atoms with Crippen molar-refractivity contribution in [3.63, 3.8) is 0 Å². The van der Waals surface area contributed by atoms with Gasteiger partial charge in [-0.2, -0.15) is 0 Å². The molecule has 1 aliphatic heterocycles. The van der Waals surface area contributed by atoms with Crippen LogP contribution in [0.15, 0.2) is 69.0 Å². The molecule has 3 rings (SSSR count). The molecule has 0 spiro atoms. The Kier molecular flexibility index (Phi) is 5.17. The van der Waals surface area contributed by atoms with E-state index in [1.54, 1.807) is 12.1 Å². The highest BCUT2D eigenvalue weighted by Gasteiger charge is 2.19. The first-order valence-corrected chi connectivity index (χ1v) is 9.63. The monoisotopic (exact) mass is 408 g/mol. The summed E-state index contributed by atoms with van der Waals surface area (Å²) in [5.74, 6) is 0.266. The Balaban J connectivity index is 1.62. The van der Waals surface area contributed by atoms with Crippen LogP contribution in [-0.2, 0) is 16.6 Å². The van der Waals surface area contributed by atoms with Crippen LogP contribution >= 0.6 is 15.9 Å². The zero-order chi connectivity index (χ0) is 17.0. The van der Waals surface area contributed by atoms with Gasteiger partial charge in [-0.1, -0.05) is 46.3 Å². The average Bonchev–Trinajstić information content (AvgIpc) is 2.58. The number of nitrogens with one attached hydrogen (secondary N) is 2. The Morgan fingerprint density at radius 2 is 1.83 bits per heavy atom. The predicted molar refractivity (Wildman–Crippen MR) is 96.8 cm³/mol. The first kappa shape index (κ1) is 16.9. The largest absolute Gasteiger partial charge is 0.343 e. The number of halogens is 1. The highest BCUT2D eigenvalue weighted by molar-refractivity contribution is 9.10. The molecule has 2 aromatic carbocycles. The summed E-state index contributed by atoms with van der Waals surface area (Å²) in [4.78, 5) is 6.54. The lowest BCUT2D eigenvalue weighted by atomic mass is 10.2. The lowest BCUT2D eigenvalue weighted by Gasteiger charge is -2.27. The molecule has 126 valence electrons. The van der Waals surface area contributed by atoms with Crippen molar-refractivity contribution in [1.29, 1.82) is 0 Å². The van der Waals surface area contributed by atoms with Gasteiger partial charge in [0.25, 0.3) is 10.0 Å². The van der Waals surface area contributed by atoms with E-state index in [0.717, 1.165) is 11.0 Å². The van der Waals surface area contributed by atoms with Crippen LogP contribution in [0.25, 0.3) is 0 Å². The van der Waals surface area contributed by atoms with E-state index in [9.17, 15) is 8.42 Å². The zero-order valence-corrected chi connectivity index (χ0v) is 15.2. The lowest BCUT2D eigenvalue weighted by molar-refractivity contribution is 0.255. The van der Waals surface area contributed by atoms with Crippen LogP contribution < -0.4 is 10.0 Å². The van der Waals surface area contributed by atoms with Gasteiger partial charge in [-0.25, -0.2) is 18.1 Å².